The van der Waals surface area contributed by atoms with E-state index in [2.05, 4.69) is 0 Å². The SMILES string of the molecule is CC.CCOC(=O)/C=C1/CCOC1. The van der Waals surface area contributed by atoms with Gasteiger partial charge in [0, 0.05) is 6.08 Å². The van der Waals surface area contributed by atoms with Crippen molar-refractivity contribution in [2.75, 3.05) is 19.8 Å². The highest BCUT2D eigenvalue weighted by Crippen LogP contribution is 2.10. The molecular weight excluding hydrogens is 168 g/mol. The molecule has 0 unspecified atom stereocenters. The molecule has 3 heteroatoms. The molecule has 1 aliphatic heterocycles. The second kappa shape index (κ2) is 7.80. The normalized spacial score (nSPS) is 17.9. The van der Waals surface area contributed by atoms with Crippen molar-refractivity contribution in [3.05, 3.63) is 11.6 Å². The van der Waals surface area contributed by atoms with E-state index >= 15 is 0 Å². The average Bonchev–Trinajstić information content (AvgIpc) is 2.61. The van der Waals surface area contributed by atoms with Crippen LogP contribution in [0.15, 0.2) is 11.6 Å². The van der Waals surface area contributed by atoms with Crippen LogP contribution in [0.2, 0.25) is 0 Å². The summed E-state index contributed by atoms with van der Waals surface area (Å²) < 4.78 is 9.79. The minimum atomic E-state index is -0.256. The third-order valence-corrected chi connectivity index (χ3v) is 1.46. The summed E-state index contributed by atoms with van der Waals surface area (Å²) in [7, 11) is 0. The summed E-state index contributed by atoms with van der Waals surface area (Å²) in [6.45, 7) is 7.54. The molecule has 0 aliphatic carbocycles. The fourth-order valence-corrected chi connectivity index (χ4v) is 0.943. The monoisotopic (exact) mass is 186 g/mol. The maximum Gasteiger partial charge on any atom is 0.330 e. The molecular formula is C10H18O3. The van der Waals surface area contributed by atoms with Crippen molar-refractivity contribution >= 4 is 5.97 Å². The number of rotatable bonds is 2. The Hall–Kier alpha value is -0.830. The predicted molar refractivity (Wildman–Crippen MR) is 51.5 cm³/mol. The highest BCUT2D eigenvalue weighted by atomic mass is 16.5. The van der Waals surface area contributed by atoms with E-state index < -0.39 is 0 Å². The van der Waals surface area contributed by atoms with E-state index in [-0.39, 0.29) is 5.97 Å². The van der Waals surface area contributed by atoms with Crippen LogP contribution in [0.1, 0.15) is 27.2 Å². The van der Waals surface area contributed by atoms with Gasteiger partial charge in [-0.15, -0.1) is 0 Å². The second-order valence-corrected chi connectivity index (χ2v) is 2.36. The van der Waals surface area contributed by atoms with E-state index in [1.54, 1.807) is 6.92 Å². The molecule has 0 N–H and O–H groups in total. The lowest BCUT2D eigenvalue weighted by Crippen LogP contribution is -2.01. The lowest BCUT2D eigenvalue weighted by atomic mass is 10.2. The van der Waals surface area contributed by atoms with Crippen molar-refractivity contribution in [1.29, 1.82) is 0 Å². The lowest BCUT2D eigenvalue weighted by molar-refractivity contribution is -0.137. The Morgan fingerprint density at radius 2 is 2.31 bits per heavy atom. The van der Waals surface area contributed by atoms with Crippen molar-refractivity contribution in [3.63, 3.8) is 0 Å². The van der Waals surface area contributed by atoms with Gasteiger partial charge in [-0.1, -0.05) is 13.8 Å². The molecule has 1 rings (SSSR count). The van der Waals surface area contributed by atoms with Crippen molar-refractivity contribution in [1.82, 2.24) is 0 Å². The molecule has 0 saturated carbocycles. The summed E-state index contributed by atoms with van der Waals surface area (Å²) in [6, 6.07) is 0. The number of hydrogen-bond donors (Lipinski definition) is 0. The van der Waals surface area contributed by atoms with Crippen LogP contribution in [0, 0.1) is 0 Å². The Labute approximate surface area is 79.7 Å². The summed E-state index contributed by atoms with van der Waals surface area (Å²) in [5.41, 5.74) is 1.03. The van der Waals surface area contributed by atoms with Gasteiger partial charge in [-0.3, -0.25) is 0 Å². The van der Waals surface area contributed by atoms with Gasteiger partial charge in [0.15, 0.2) is 0 Å². The Morgan fingerprint density at radius 3 is 2.77 bits per heavy atom. The van der Waals surface area contributed by atoms with Crippen LogP contribution in [0.5, 0.6) is 0 Å². The first-order chi connectivity index (χ1) is 6.33. The Kier molecular flexibility index (Phi) is 7.30. The fourth-order valence-electron chi connectivity index (χ4n) is 0.943. The van der Waals surface area contributed by atoms with Gasteiger partial charge in [-0.25, -0.2) is 4.79 Å². The van der Waals surface area contributed by atoms with Gasteiger partial charge in [0.25, 0.3) is 0 Å². The molecule has 1 saturated heterocycles. The van der Waals surface area contributed by atoms with Crippen LogP contribution in [0.4, 0.5) is 0 Å². The van der Waals surface area contributed by atoms with Crippen LogP contribution in [0.3, 0.4) is 0 Å². The maximum absolute atomic E-state index is 10.8. The van der Waals surface area contributed by atoms with E-state index in [0.717, 1.165) is 18.6 Å². The van der Waals surface area contributed by atoms with Crippen molar-refractivity contribution in [3.8, 4) is 0 Å². The molecule has 1 aliphatic rings. The molecule has 0 radical (unpaired) electrons. The van der Waals surface area contributed by atoms with Crippen molar-refractivity contribution in [2.45, 2.75) is 27.2 Å². The minimum absolute atomic E-state index is 0.256. The number of ether oxygens (including phenoxy) is 2. The summed E-state index contributed by atoms with van der Waals surface area (Å²) in [4.78, 5) is 10.8. The largest absolute Gasteiger partial charge is 0.463 e. The lowest BCUT2D eigenvalue weighted by Gasteiger charge is -1.95. The highest BCUT2D eigenvalue weighted by molar-refractivity contribution is 5.82. The molecule has 13 heavy (non-hydrogen) atoms. The molecule has 0 spiro atoms. The van der Waals surface area contributed by atoms with E-state index in [1.807, 2.05) is 13.8 Å². The number of carbonyl (C=O) groups excluding carboxylic acids is 1. The van der Waals surface area contributed by atoms with Crippen LogP contribution in [0.25, 0.3) is 0 Å². The van der Waals surface area contributed by atoms with Gasteiger partial charge in [-0.05, 0) is 18.9 Å². The standard InChI is InChI=1S/C8H12O3.C2H6/c1-2-11-8(9)5-7-3-4-10-6-7;1-2/h5H,2-4,6H2,1H3;1-2H3/b7-5-;. The van der Waals surface area contributed by atoms with E-state index in [1.165, 1.54) is 6.08 Å². The highest BCUT2D eigenvalue weighted by Gasteiger charge is 2.08. The first kappa shape index (κ1) is 12.2. The number of hydrogen-bond acceptors (Lipinski definition) is 3. The van der Waals surface area contributed by atoms with Crippen LogP contribution < -0.4 is 0 Å². The molecule has 0 amide bonds. The van der Waals surface area contributed by atoms with Gasteiger partial charge in [-0.2, -0.15) is 0 Å². The molecule has 0 aromatic rings. The molecule has 1 heterocycles. The topological polar surface area (TPSA) is 35.5 Å². The third kappa shape index (κ3) is 5.42. The van der Waals surface area contributed by atoms with Gasteiger partial charge < -0.3 is 9.47 Å². The predicted octanol–water partition coefficient (Wildman–Crippen LogP) is 1.92. The second-order valence-electron chi connectivity index (χ2n) is 2.36. The van der Waals surface area contributed by atoms with E-state index in [9.17, 15) is 4.79 Å². The molecule has 0 atom stereocenters. The van der Waals surface area contributed by atoms with E-state index in [0.29, 0.717) is 13.2 Å². The summed E-state index contributed by atoms with van der Waals surface area (Å²) in [5.74, 6) is -0.256. The molecule has 3 nitrogen and oxygen atoms in total. The average molecular weight is 186 g/mol. The molecule has 76 valence electrons. The molecule has 0 aromatic heterocycles. The Bertz CT molecular complexity index is 165. The van der Waals surface area contributed by atoms with Gasteiger partial charge in [0.2, 0.25) is 0 Å². The van der Waals surface area contributed by atoms with Crippen LogP contribution >= 0.6 is 0 Å². The Balaban J connectivity index is 0.000000671. The molecule has 1 fully saturated rings. The first-order valence-corrected chi connectivity index (χ1v) is 4.77. The maximum atomic E-state index is 10.8. The van der Waals surface area contributed by atoms with Gasteiger partial charge in [0.1, 0.15) is 0 Å². The van der Waals surface area contributed by atoms with Gasteiger partial charge in [0.05, 0.1) is 19.8 Å². The summed E-state index contributed by atoms with van der Waals surface area (Å²) >= 11 is 0. The fraction of sp³-hybridized carbons (Fsp3) is 0.700. The number of esters is 1. The third-order valence-electron chi connectivity index (χ3n) is 1.46. The molecule has 0 bridgehead atoms. The van der Waals surface area contributed by atoms with E-state index in [4.69, 9.17) is 9.47 Å². The quantitative estimate of drug-likeness (QED) is 0.488. The van der Waals surface area contributed by atoms with Crippen LogP contribution in [-0.2, 0) is 14.3 Å². The number of carbonyl (C=O) groups is 1. The van der Waals surface area contributed by atoms with Gasteiger partial charge >= 0.3 is 5.97 Å². The minimum Gasteiger partial charge on any atom is -0.463 e. The Morgan fingerprint density at radius 1 is 1.62 bits per heavy atom. The first-order valence-electron chi connectivity index (χ1n) is 4.77. The zero-order valence-corrected chi connectivity index (χ0v) is 8.63. The van der Waals surface area contributed by atoms with Crippen molar-refractivity contribution < 1.29 is 14.3 Å². The van der Waals surface area contributed by atoms with Crippen molar-refractivity contribution in [2.24, 2.45) is 0 Å². The zero-order valence-electron chi connectivity index (χ0n) is 8.63. The summed E-state index contributed by atoms with van der Waals surface area (Å²) in [6.07, 6.45) is 2.38. The smallest absolute Gasteiger partial charge is 0.330 e. The molecule has 0 aromatic carbocycles. The summed E-state index contributed by atoms with van der Waals surface area (Å²) in [5, 5.41) is 0. The van der Waals surface area contributed by atoms with Crippen LogP contribution in [-0.4, -0.2) is 25.8 Å². The zero-order chi connectivity index (χ0) is 10.1.